The minimum absolute atomic E-state index is 0.00585. The molecular formula is C15H15N3O4. The van der Waals surface area contributed by atoms with Crippen molar-refractivity contribution >= 4 is 17.6 Å². The van der Waals surface area contributed by atoms with E-state index in [2.05, 4.69) is 10.5 Å². The zero-order valence-electron chi connectivity index (χ0n) is 12.1. The highest BCUT2D eigenvalue weighted by atomic mass is 16.6. The Balaban J connectivity index is 2.09. The first kappa shape index (κ1) is 15.3. The first-order valence-electron chi connectivity index (χ1n) is 6.39. The van der Waals surface area contributed by atoms with Crippen molar-refractivity contribution in [2.45, 2.75) is 0 Å². The van der Waals surface area contributed by atoms with Crippen molar-refractivity contribution in [2.75, 3.05) is 19.6 Å². The number of ether oxygens (including phenoxy) is 2. The standard InChI is InChI=1S/C15H15N3O4/c1-21-14-7-6-11(8-15(14)22-2)10-16-17-12-4-3-5-13(9-12)18(19)20/h3-10,17H,1-2H3/b16-10+. The highest BCUT2D eigenvalue weighted by molar-refractivity contribution is 5.81. The van der Waals surface area contributed by atoms with E-state index in [0.29, 0.717) is 17.2 Å². The van der Waals surface area contributed by atoms with Gasteiger partial charge >= 0.3 is 0 Å². The molecule has 0 heterocycles. The van der Waals surface area contributed by atoms with Crippen LogP contribution in [0.4, 0.5) is 11.4 Å². The van der Waals surface area contributed by atoms with E-state index in [0.717, 1.165) is 5.56 Å². The molecule has 0 aliphatic carbocycles. The number of non-ortho nitro benzene ring substituents is 1. The molecule has 22 heavy (non-hydrogen) atoms. The van der Waals surface area contributed by atoms with E-state index >= 15 is 0 Å². The minimum Gasteiger partial charge on any atom is -0.493 e. The first-order chi connectivity index (χ1) is 10.6. The fourth-order valence-corrected chi connectivity index (χ4v) is 1.80. The number of anilines is 1. The molecule has 2 rings (SSSR count). The van der Waals surface area contributed by atoms with Crippen molar-refractivity contribution in [1.29, 1.82) is 0 Å². The third-order valence-electron chi connectivity index (χ3n) is 2.87. The number of hydrazone groups is 1. The average Bonchev–Trinajstić information content (AvgIpc) is 2.55. The van der Waals surface area contributed by atoms with Gasteiger partial charge in [-0.05, 0) is 29.8 Å². The Morgan fingerprint density at radius 2 is 1.91 bits per heavy atom. The van der Waals surface area contributed by atoms with Gasteiger partial charge in [0.25, 0.3) is 5.69 Å². The molecule has 0 spiro atoms. The molecule has 0 aliphatic heterocycles. The summed E-state index contributed by atoms with van der Waals surface area (Å²) in [5.74, 6) is 1.23. The van der Waals surface area contributed by atoms with E-state index in [1.807, 2.05) is 6.07 Å². The Kier molecular flexibility index (Phi) is 4.92. The summed E-state index contributed by atoms with van der Waals surface area (Å²) in [5, 5.41) is 14.7. The lowest BCUT2D eigenvalue weighted by molar-refractivity contribution is -0.384. The molecule has 2 aromatic carbocycles. The van der Waals surface area contributed by atoms with Crippen LogP contribution in [0.2, 0.25) is 0 Å². The molecule has 0 atom stereocenters. The van der Waals surface area contributed by atoms with Crippen molar-refractivity contribution in [2.24, 2.45) is 5.10 Å². The van der Waals surface area contributed by atoms with Gasteiger partial charge < -0.3 is 9.47 Å². The van der Waals surface area contributed by atoms with E-state index in [1.54, 1.807) is 44.7 Å². The van der Waals surface area contributed by atoms with Crippen LogP contribution in [0.25, 0.3) is 0 Å². The quantitative estimate of drug-likeness (QED) is 0.503. The molecule has 0 aliphatic rings. The smallest absolute Gasteiger partial charge is 0.271 e. The number of hydrogen-bond acceptors (Lipinski definition) is 6. The van der Waals surface area contributed by atoms with Crippen LogP contribution in [0.3, 0.4) is 0 Å². The monoisotopic (exact) mass is 301 g/mol. The summed E-state index contributed by atoms with van der Waals surface area (Å²) in [7, 11) is 3.12. The molecule has 0 radical (unpaired) electrons. The Morgan fingerprint density at radius 1 is 1.14 bits per heavy atom. The minimum atomic E-state index is -0.455. The van der Waals surface area contributed by atoms with Crippen LogP contribution < -0.4 is 14.9 Å². The topological polar surface area (TPSA) is 86.0 Å². The summed E-state index contributed by atoms with van der Waals surface area (Å²) < 4.78 is 10.4. The van der Waals surface area contributed by atoms with Crippen LogP contribution in [-0.2, 0) is 0 Å². The normalized spacial score (nSPS) is 10.5. The van der Waals surface area contributed by atoms with Gasteiger partial charge in [-0.2, -0.15) is 5.10 Å². The maximum absolute atomic E-state index is 10.7. The zero-order valence-corrected chi connectivity index (χ0v) is 12.1. The molecule has 0 aromatic heterocycles. The second-order valence-electron chi connectivity index (χ2n) is 4.29. The predicted molar refractivity (Wildman–Crippen MR) is 83.9 cm³/mol. The molecule has 2 aromatic rings. The molecule has 0 saturated heterocycles. The number of nitrogens with one attached hydrogen (secondary N) is 1. The van der Waals surface area contributed by atoms with Crippen LogP contribution in [0, 0.1) is 10.1 Å². The van der Waals surface area contributed by atoms with Gasteiger partial charge in [-0.25, -0.2) is 0 Å². The van der Waals surface area contributed by atoms with E-state index < -0.39 is 4.92 Å². The molecule has 1 N–H and O–H groups in total. The fourth-order valence-electron chi connectivity index (χ4n) is 1.80. The second-order valence-corrected chi connectivity index (χ2v) is 4.29. The van der Waals surface area contributed by atoms with Gasteiger partial charge in [0.1, 0.15) is 0 Å². The molecule has 7 heteroatoms. The molecule has 114 valence electrons. The molecule has 0 fully saturated rings. The van der Waals surface area contributed by atoms with Gasteiger partial charge in [-0.15, -0.1) is 0 Å². The zero-order chi connectivity index (χ0) is 15.9. The van der Waals surface area contributed by atoms with Gasteiger partial charge in [-0.3, -0.25) is 15.5 Å². The molecule has 0 unspecified atom stereocenters. The van der Waals surface area contributed by atoms with Crippen molar-refractivity contribution < 1.29 is 14.4 Å². The van der Waals surface area contributed by atoms with Crippen molar-refractivity contribution in [1.82, 2.24) is 0 Å². The number of hydrogen-bond donors (Lipinski definition) is 1. The number of nitrogens with zero attached hydrogens (tertiary/aromatic N) is 2. The first-order valence-corrected chi connectivity index (χ1v) is 6.39. The highest BCUT2D eigenvalue weighted by Crippen LogP contribution is 2.26. The second kappa shape index (κ2) is 7.07. The number of nitro groups is 1. The van der Waals surface area contributed by atoms with E-state index in [9.17, 15) is 10.1 Å². The van der Waals surface area contributed by atoms with Gasteiger partial charge in [0.2, 0.25) is 0 Å². The van der Waals surface area contributed by atoms with Crippen LogP contribution >= 0.6 is 0 Å². The maximum Gasteiger partial charge on any atom is 0.271 e. The molecule has 0 amide bonds. The van der Waals surface area contributed by atoms with E-state index in [1.165, 1.54) is 12.1 Å². The van der Waals surface area contributed by atoms with E-state index in [4.69, 9.17) is 9.47 Å². The third kappa shape index (κ3) is 3.72. The van der Waals surface area contributed by atoms with Gasteiger partial charge in [0.15, 0.2) is 11.5 Å². The van der Waals surface area contributed by atoms with Crippen molar-refractivity contribution in [3.05, 3.63) is 58.1 Å². The number of nitro benzene ring substituents is 1. The van der Waals surface area contributed by atoms with Crippen molar-refractivity contribution in [3.8, 4) is 11.5 Å². The van der Waals surface area contributed by atoms with Gasteiger partial charge in [0, 0.05) is 12.1 Å². The number of rotatable bonds is 6. The summed E-state index contributed by atoms with van der Waals surface area (Å²) >= 11 is 0. The summed E-state index contributed by atoms with van der Waals surface area (Å²) in [6, 6.07) is 11.5. The van der Waals surface area contributed by atoms with Crippen LogP contribution in [0.5, 0.6) is 11.5 Å². The largest absolute Gasteiger partial charge is 0.493 e. The Labute approximate surface area is 127 Å². The summed E-state index contributed by atoms with van der Waals surface area (Å²) in [5.41, 5.74) is 4.09. The molecular weight excluding hydrogens is 286 g/mol. The lowest BCUT2D eigenvalue weighted by Crippen LogP contribution is -1.94. The Morgan fingerprint density at radius 3 is 2.59 bits per heavy atom. The van der Waals surface area contributed by atoms with E-state index in [-0.39, 0.29) is 5.69 Å². The summed E-state index contributed by atoms with van der Waals surface area (Å²) in [4.78, 5) is 10.2. The summed E-state index contributed by atoms with van der Waals surface area (Å²) in [6.45, 7) is 0. The fraction of sp³-hybridized carbons (Fsp3) is 0.133. The lowest BCUT2D eigenvalue weighted by atomic mass is 10.2. The van der Waals surface area contributed by atoms with Crippen molar-refractivity contribution in [3.63, 3.8) is 0 Å². The number of benzene rings is 2. The average molecular weight is 301 g/mol. The maximum atomic E-state index is 10.7. The Bertz CT molecular complexity index is 701. The Hall–Kier alpha value is -3.09. The van der Waals surface area contributed by atoms with Crippen LogP contribution in [-0.4, -0.2) is 25.4 Å². The van der Waals surface area contributed by atoms with Crippen LogP contribution in [0.15, 0.2) is 47.6 Å². The lowest BCUT2D eigenvalue weighted by Gasteiger charge is -2.07. The number of methoxy groups -OCH3 is 2. The van der Waals surface area contributed by atoms with Gasteiger partial charge in [-0.1, -0.05) is 6.07 Å². The predicted octanol–water partition coefficient (Wildman–Crippen LogP) is 3.06. The molecule has 0 bridgehead atoms. The molecule has 7 nitrogen and oxygen atoms in total. The van der Waals surface area contributed by atoms with Crippen LogP contribution in [0.1, 0.15) is 5.56 Å². The SMILES string of the molecule is COc1ccc(/C=N/Nc2cccc([N+](=O)[O-])c2)cc1OC. The highest BCUT2D eigenvalue weighted by Gasteiger charge is 2.05. The van der Waals surface area contributed by atoms with Gasteiger partial charge in [0.05, 0.1) is 31.0 Å². The third-order valence-corrected chi connectivity index (χ3v) is 2.87. The molecule has 0 saturated carbocycles. The summed E-state index contributed by atoms with van der Waals surface area (Å²) in [6.07, 6.45) is 1.58.